The molecule has 0 aliphatic carbocycles. The molecule has 2 amide bonds. The summed E-state index contributed by atoms with van der Waals surface area (Å²) < 4.78 is 0. The zero-order valence-corrected chi connectivity index (χ0v) is 11.4. The van der Waals surface area contributed by atoms with Crippen LogP contribution in [0.5, 0.6) is 0 Å². The highest BCUT2D eigenvalue weighted by Crippen LogP contribution is 2.11. The first-order valence-electron chi connectivity index (χ1n) is 6.74. The fourth-order valence-electron chi connectivity index (χ4n) is 2.23. The van der Waals surface area contributed by atoms with Crippen molar-refractivity contribution in [2.45, 2.75) is 32.2 Å². The summed E-state index contributed by atoms with van der Waals surface area (Å²) >= 11 is 0. The second-order valence-corrected chi connectivity index (χ2v) is 4.79. The molecule has 1 aromatic heterocycles. The average Bonchev–Trinajstić information content (AvgIpc) is 2.48. The van der Waals surface area contributed by atoms with E-state index >= 15 is 0 Å². The Kier molecular flexibility index (Phi) is 4.49. The van der Waals surface area contributed by atoms with Gasteiger partial charge in [0, 0.05) is 31.6 Å². The zero-order valence-electron chi connectivity index (χ0n) is 11.4. The molecule has 108 valence electrons. The third-order valence-electron chi connectivity index (χ3n) is 3.40. The molecule has 0 aromatic carbocycles. The first-order chi connectivity index (χ1) is 9.60. The standard InChI is InChI=1S/C13H18N4O3/c1-2-12(19)17-7-5-9(6-8-17)14-13(20)10-3-4-11(18)16-15-10/h3-4,9H,2,5-8H2,1H3,(H,14,20)(H,16,18). The van der Waals surface area contributed by atoms with Gasteiger partial charge in [-0.25, -0.2) is 5.10 Å². The summed E-state index contributed by atoms with van der Waals surface area (Å²) in [5.74, 6) is -0.154. The molecule has 7 nitrogen and oxygen atoms in total. The molecular formula is C13H18N4O3. The van der Waals surface area contributed by atoms with Crippen molar-refractivity contribution in [3.63, 3.8) is 0 Å². The second kappa shape index (κ2) is 6.31. The normalized spacial score (nSPS) is 15.9. The van der Waals surface area contributed by atoms with Crippen molar-refractivity contribution >= 4 is 11.8 Å². The van der Waals surface area contributed by atoms with Crippen LogP contribution in [0.2, 0.25) is 0 Å². The Hall–Kier alpha value is -2.18. The molecule has 0 atom stereocenters. The number of hydrogen-bond acceptors (Lipinski definition) is 4. The van der Waals surface area contributed by atoms with Crippen LogP contribution in [-0.4, -0.2) is 46.0 Å². The zero-order chi connectivity index (χ0) is 14.5. The van der Waals surface area contributed by atoms with Gasteiger partial charge >= 0.3 is 0 Å². The summed E-state index contributed by atoms with van der Waals surface area (Å²) in [6, 6.07) is 2.70. The summed E-state index contributed by atoms with van der Waals surface area (Å²) in [5.41, 5.74) is -0.149. The van der Waals surface area contributed by atoms with Crippen LogP contribution >= 0.6 is 0 Å². The number of piperidine rings is 1. The van der Waals surface area contributed by atoms with E-state index in [1.54, 1.807) is 0 Å². The second-order valence-electron chi connectivity index (χ2n) is 4.79. The summed E-state index contributed by atoms with van der Waals surface area (Å²) in [5, 5.41) is 8.79. The van der Waals surface area contributed by atoms with E-state index in [0.717, 1.165) is 12.8 Å². The Morgan fingerprint density at radius 2 is 2.10 bits per heavy atom. The van der Waals surface area contributed by atoms with Crippen molar-refractivity contribution in [1.82, 2.24) is 20.4 Å². The maximum atomic E-state index is 11.9. The molecule has 1 aromatic rings. The number of likely N-dealkylation sites (tertiary alicyclic amines) is 1. The predicted octanol–water partition coefficient (Wildman–Crippen LogP) is -0.0993. The highest BCUT2D eigenvalue weighted by atomic mass is 16.2. The molecule has 1 aliphatic rings. The maximum Gasteiger partial charge on any atom is 0.271 e. The summed E-state index contributed by atoms with van der Waals surface area (Å²) in [6.07, 6.45) is 1.99. The fraction of sp³-hybridized carbons (Fsp3) is 0.538. The maximum absolute atomic E-state index is 11.9. The van der Waals surface area contributed by atoms with E-state index in [0.29, 0.717) is 19.5 Å². The van der Waals surface area contributed by atoms with Gasteiger partial charge in [-0.1, -0.05) is 6.92 Å². The van der Waals surface area contributed by atoms with E-state index < -0.39 is 0 Å². The number of carbonyl (C=O) groups is 2. The molecule has 0 saturated carbocycles. The van der Waals surface area contributed by atoms with Gasteiger partial charge < -0.3 is 10.2 Å². The Morgan fingerprint density at radius 3 is 2.65 bits per heavy atom. The van der Waals surface area contributed by atoms with Crippen molar-refractivity contribution in [3.05, 3.63) is 28.2 Å². The van der Waals surface area contributed by atoms with Crippen LogP contribution in [0, 0.1) is 0 Å². The molecule has 1 aliphatic heterocycles. The van der Waals surface area contributed by atoms with E-state index in [4.69, 9.17) is 0 Å². The number of nitrogens with zero attached hydrogens (tertiary/aromatic N) is 2. The number of nitrogens with one attached hydrogen (secondary N) is 2. The van der Waals surface area contributed by atoms with Crippen LogP contribution in [0.3, 0.4) is 0 Å². The van der Waals surface area contributed by atoms with Crippen molar-refractivity contribution in [2.75, 3.05) is 13.1 Å². The van der Waals surface area contributed by atoms with Gasteiger partial charge in [0.15, 0.2) is 0 Å². The van der Waals surface area contributed by atoms with E-state index in [-0.39, 0.29) is 29.1 Å². The van der Waals surface area contributed by atoms with Gasteiger partial charge in [0.2, 0.25) is 5.91 Å². The van der Waals surface area contributed by atoms with Gasteiger partial charge in [0.25, 0.3) is 11.5 Å². The van der Waals surface area contributed by atoms with Crippen LogP contribution < -0.4 is 10.9 Å². The lowest BCUT2D eigenvalue weighted by molar-refractivity contribution is -0.131. The van der Waals surface area contributed by atoms with Gasteiger partial charge in [-0.3, -0.25) is 14.4 Å². The molecule has 1 fully saturated rings. The smallest absolute Gasteiger partial charge is 0.271 e. The number of amides is 2. The predicted molar refractivity (Wildman–Crippen MR) is 72.2 cm³/mol. The number of aromatic nitrogens is 2. The summed E-state index contributed by atoms with van der Waals surface area (Å²) in [7, 11) is 0. The van der Waals surface area contributed by atoms with Crippen LogP contribution in [0.25, 0.3) is 0 Å². The van der Waals surface area contributed by atoms with Crippen LogP contribution in [0.1, 0.15) is 36.7 Å². The van der Waals surface area contributed by atoms with Gasteiger partial charge in [0.05, 0.1) is 0 Å². The Labute approximate surface area is 116 Å². The van der Waals surface area contributed by atoms with Gasteiger partial charge in [0.1, 0.15) is 5.69 Å². The average molecular weight is 278 g/mol. The van der Waals surface area contributed by atoms with E-state index in [1.807, 2.05) is 11.8 Å². The van der Waals surface area contributed by atoms with Crippen LogP contribution in [-0.2, 0) is 4.79 Å². The lowest BCUT2D eigenvalue weighted by atomic mass is 10.0. The number of H-pyrrole nitrogens is 1. The van der Waals surface area contributed by atoms with Gasteiger partial charge in [-0.05, 0) is 18.9 Å². The summed E-state index contributed by atoms with van der Waals surface area (Å²) in [6.45, 7) is 3.17. The molecule has 0 spiro atoms. The minimum absolute atomic E-state index is 0.0390. The Bertz CT molecular complexity index is 526. The molecule has 7 heteroatoms. The molecular weight excluding hydrogens is 260 g/mol. The minimum Gasteiger partial charge on any atom is -0.348 e. The number of hydrogen-bond donors (Lipinski definition) is 2. The first-order valence-corrected chi connectivity index (χ1v) is 6.74. The SMILES string of the molecule is CCC(=O)N1CCC(NC(=O)c2ccc(=O)[nH]n2)CC1. The van der Waals surface area contributed by atoms with Crippen molar-refractivity contribution < 1.29 is 9.59 Å². The third kappa shape index (κ3) is 3.43. The number of rotatable bonds is 3. The largest absolute Gasteiger partial charge is 0.348 e. The highest BCUT2D eigenvalue weighted by Gasteiger charge is 2.23. The third-order valence-corrected chi connectivity index (χ3v) is 3.40. The quantitative estimate of drug-likeness (QED) is 0.807. The molecule has 0 unspecified atom stereocenters. The van der Waals surface area contributed by atoms with Crippen molar-refractivity contribution in [2.24, 2.45) is 0 Å². The summed E-state index contributed by atoms with van der Waals surface area (Å²) in [4.78, 5) is 36.2. The monoisotopic (exact) mass is 278 g/mol. The van der Waals surface area contributed by atoms with E-state index in [2.05, 4.69) is 15.5 Å². The molecule has 1 saturated heterocycles. The molecule has 0 radical (unpaired) electrons. The van der Waals surface area contributed by atoms with Crippen molar-refractivity contribution in [1.29, 1.82) is 0 Å². The van der Waals surface area contributed by atoms with E-state index in [9.17, 15) is 14.4 Å². The topological polar surface area (TPSA) is 95.2 Å². The lowest BCUT2D eigenvalue weighted by Crippen LogP contribution is -2.46. The molecule has 2 rings (SSSR count). The van der Waals surface area contributed by atoms with Gasteiger partial charge in [-0.15, -0.1) is 0 Å². The number of carbonyl (C=O) groups excluding carboxylic acids is 2. The van der Waals surface area contributed by atoms with E-state index in [1.165, 1.54) is 12.1 Å². The highest BCUT2D eigenvalue weighted by molar-refractivity contribution is 5.92. The number of aromatic amines is 1. The van der Waals surface area contributed by atoms with Crippen LogP contribution in [0.15, 0.2) is 16.9 Å². The molecule has 20 heavy (non-hydrogen) atoms. The lowest BCUT2D eigenvalue weighted by Gasteiger charge is -2.32. The Morgan fingerprint density at radius 1 is 1.40 bits per heavy atom. The molecule has 0 bridgehead atoms. The first kappa shape index (κ1) is 14.2. The molecule has 2 heterocycles. The fourth-order valence-corrected chi connectivity index (χ4v) is 2.23. The van der Waals surface area contributed by atoms with Crippen LogP contribution in [0.4, 0.5) is 0 Å². The Balaban J connectivity index is 1.86. The van der Waals surface area contributed by atoms with Gasteiger partial charge in [-0.2, -0.15) is 5.10 Å². The van der Waals surface area contributed by atoms with Crippen molar-refractivity contribution in [3.8, 4) is 0 Å². The minimum atomic E-state index is -0.340. The molecule has 2 N–H and O–H groups in total.